The first-order valence-corrected chi connectivity index (χ1v) is 7.37. The molecule has 0 aromatic carbocycles. The summed E-state index contributed by atoms with van der Waals surface area (Å²) in [4.78, 5) is 2.51. The minimum absolute atomic E-state index is 0.142. The van der Waals surface area contributed by atoms with E-state index >= 15 is 0 Å². The van der Waals surface area contributed by atoms with Crippen molar-refractivity contribution in [1.29, 1.82) is 0 Å². The normalized spacial score (nSPS) is 36.7. The lowest BCUT2D eigenvalue weighted by atomic mass is 9.93. The summed E-state index contributed by atoms with van der Waals surface area (Å²) in [6, 6.07) is 0.862. The lowest BCUT2D eigenvalue weighted by molar-refractivity contribution is -0.00249. The highest BCUT2D eigenvalue weighted by Crippen LogP contribution is 2.29. The summed E-state index contributed by atoms with van der Waals surface area (Å²) >= 11 is 0. The quantitative estimate of drug-likeness (QED) is 0.742. The van der Waals surface area contributed by atoms with E-state index in [0.717, 1.165) is 25.8 Å². The van der Waals surface area contributed by atoms with Crippen LogP contribution in [-0.2, 0) is 0 Å². The van der Waals surface area contributed by atoms with Crippen LogP contribution in [0.4, 0.5) is 0 Å². The van der Waals surface area contributed by atoms with Crippen LogP contribution in [0.5, 0.6) is 0 Å². The predicted molar refractivity (Wildman–Crippen MR) is 68.9 cm³/mol. The van der Waals surface area contributed by atoms with Crippen LogP contribution in [0.1, 0.15) is 57.8 Å². The number of hydrogen-bond donors (Lipinski definition) is 2. The lowest BCUT2D eigenvalue weighted by Gasteiger charge is -2.42. The molecule has 0 amide bonds. The van der Waals surface area contributed by atoms with Gasteiger partial charge in [-0.3, -0.25) is 4.90 Å². The first-order chi connectivity index (χ1) is 8.33. The molecule has 2 rings (SSSR count). The SMILES string of the molecule is OCCC1CCCCN1C1CCCCCC1O. The summed E-state index contributed by atoms with van der Waals surface area (Å²) in [5.74, 6) is 0. The molecule has 1 saturated heterocycles. The first kappa shape index (κ1) is 13.3. The molecule has 2 N–H and O–H groups in total. The van der Waals surface area contributed by atoms with Crippen molar-refractivity contribution < 1.29 is 10.2 Å². The molecule has 1 heterocycles. The molecule has 3 atom stereocenters. The van der Waals surface area contributed by atoms with Gasteiger partial charge in [-0.15, -0.1) is 0 Å². The van der Waals surface area contributed by atoms with E-state index in [4.69, 9.17) is 5.11 Å². The molecule has 3 heteroatoms. The predicted octanol–water partition coefficient (Wildman–Crippen LogP) is 1.92. The van der Waals surface area contributed by atoms with E-state index in [1.165, 1.54) is 38.5 Å². The Kier molecular flexibility index (Phi) is 5.26. The van der Waals surface area contributed by atoms with Crippen LogP contribution < -0.4 is 0 Å². The Morgan fingerprint density at radius 3 is 2.53 bits per heavy atom. The number of hydrogen-bond acceptors (Lipinski definition) is 3. The average molecular weight is 241 g/mol. The van der Waals surface area contributed by atoms with Crippen LogP contribution in [0.2, 0.25) is 0 Å². The fraction of sp³-hybridized carbons (Fsp3) is 1.00. The molecule has 0 aromatic heterocycles. The third-order valence-corrected chi connectivity index (χ3v) is 4.50. The summed E-state index contributed by atoms with van der Waals surface area (Å²) in [7, 11) is 0. The fourth-order valence-electron chi connectivity index (χ4n) is 3.57. The second-order valence-corrected chi connectivity index (χ2v) is 5.67. The van der Waals surface area contributed by atoms with Crippen LogP contribution >= 0.6 is 0 Å². The zero-order valence-electron chi connectivity index (χ0n) is 10.9. The zero-order chi connectivity index (χ0) is 12.1. The molecule has 17 heavy (non-hydrogen) atoms. The summed E-state index contributed by atoms with van der Waals surface area (Å²) in [5, 5.41) is 19.4. The highest BCUT2D eigenvalue weighted by Gasteiger charge is 2.33. The smallest absolute Gasteiger partial charge is 0.0695 e. The topological polar surface area (TPSA) is 43.7 Å². The Hall–Kier alpha value is -0.120. The number of rotatable bonds is 3. The molecular weight excluding hydrogens is 214 g/mol. The second-order valence-electron chi connectivity index (χ2n) is 5.67. The van der Waals surface area contributed by atoms with Gasteiger partial charge in [0.05, 0.1) is 6.10 Å². The standard InChI is InChI=1S/C14H27NO2/c16-11-9-12-6-4-5-10-15(12)13-7-2-1-3-8-14(13)17/h12-14,16-17H,1-11H2. The van der Waals surface area contributed by atoms with Crippen LogP contribution in [-0.4, -0.2) is 46.5 Å². The maximum absolute atomic E-state index is 10.3. The first-order valence-electron chi connectivity index (χ1n) is 7.37. The monoisotopic (exact) mass is 241 g/mol. The molecule has 100 valence electrons. The van der Waals surface area contributed by atoms with Crippen molar-refractivity contribution in [3.05, 3.63) is 0 Å². The van der Waals surface area contributed by atoms with Crippen LogP contribution in [0.3, 0.4) is 0 Å². The van der Waals surface area contributed by atoms with Gasteiger partial charge in [0.2, 0.25) is 0 Å². The third kappa shape index (κ3) is 3.43. The molecule has 0 bridgehead atoms. The summed E-state index contributed by atoms with van der Waals surface area (Å²) in [6.07, 6.45) is 10.3. The molecule has 1 saturated carbocycles. The Bertz CT molecular complexity index is 220. The van der Waals surface area contributed by atoms with E-state index in [0.29, 0.717) is 12.1 Å². The molecule has 0 spiro atoms. The van der Waals surface area contributed by atoms with Crippen LogP contribution in [0.25, 0.3) is 0 Å². The van der Waals surface area contributed by atoms with Gasteiger partial charge in [0.1, 0.15) is 0 Å². The van der Waals surface area contributed by atoms with Gasteiger partial charge in [-0.05, 0) is 38.6 Å². The molecule has 3 nitrogen and oxygen atoms in total. The lowest BCUT2D eigenvalue weighted by Crippen LogP contribution is -2.51. The minimum atomic E-state index is -0.142. The zero-order valence-corrected chi connectivity index (χ0v) is 10.9. The van der Waals surface area contributed by atoms with Crippen molar-refractivity contribution in [3.8, 4) is 0 Å². The van der Waals surface area contributed by atoms with E-state index in [-0.39, 0.29) is 12.7 Å². The molecule has 0 aromatic rings. The Balaban J connectivity index is 2.00. The minimum Gasteiger partial charge on any atom is -0.396 e. The van der Waals surface area contributed by atoms with Crippen molar-refractivity contribution in [2.45, 2.75) is 76.0 Å². The van der Waals surface area contributed by atoms with Gasteiger partial charge in [0, 0.05) is 18.7 Å². The Morgan fingerprint density at radius 2 is 1.71 bits per heavy atom. The molecular formula is C14H27NO2. The van der Waals surface area contributed by atoms with E-state index in [1.54, 1.807) is 0 Å². The van der Waals surface area contributed by atoms with Crippen molar-refractivity contribution in [2.24, 2.45) is 0 Å². The Morgan fingerprint density at radius 1 is 0.941 bits per heavy atom. The molecule has 3 unspecified atom stereocenters. The van der Waals surface area contributed by atoms with Gasteiger partial charge in [0.15, 0.2) is 0 Å². The highest BCUT2D eigenvalue weighted by atomic mass is 16.3. The van der Waals surface area contributed by atoms with Gasteiger partial charge >= 0.3 is 0 Å². The van der Waals surface area contributed by atoms with E-state index < -0.39 is 0 Å². The van der Waals surface area contributed by atoms with Gasteiger partial charge in [-0.2, -0.15) is 0 Å². The van der Waals surface area contributed by atoms with Crippen molar-refractivity contribution in [1.82, 2.24) is 4.90 Å². The number of aliphatic hydroxyl groups is 2. The van der Waals surface area contributed by atoms with Gasteiger partial charge in [-0.25, -0.2) is 0 Å². The van der Waals surface area contributed by atoms with Crippen LogP contribution in [0.15, 0.2) is 0 Å². The van der Waals surface area contributed by atoms with E-state index in [2.05, 4.69) is 4.90 Å². The maximum Gasteiger partial charge on any atom is 0.0695 e. The van der Waals surface area contributed by atoms with Crippen LogP contribution in [0, 0.1) is 0 Å². The molecule has 2 aliphatic rings. The summed E-state index contributed by atoms with van der Waals surface area (Å²) < 4.78 is 0. The number of aliphatic hydroxyl groups excluding tert-OH is 2. The highest BCUT2D eigenvalue weighted by molar-refractivity contribution is 4.88. The second kappa shape index (κ2) is 6.72. The van der Waals surface area contributed by atoms with Gasteiger partial charge in [0.25, 0.3) is 0 Å². The number of nitrogens with zero attached hydrogens (tertiary/aromatic N) is 1. The summed E-state index contributed by atoms with van der Waals surface area (Å²) in [5.41, 5.74) is 0. The molecule has 0 radical (unpaired) electrons. The number of likely N-dealkylation sites (tertiary alicyclic amines) is 1. The van der Waals surface area contributed by atoms with Gasteiger partial charge in [-0.1, -0.05) is 25.7 Å². The maximum atomic E-state index is 10.3. The average Bonchev–Trinajstić information content (AvgIpc) is 2.55. The molecule has 1 aliphatic carbocycles. The molecule has 2 fully saturated rings. The van der Waals surface area contributed by atoms with Crippen molar-refractivity contribution >= 4 is 0 Å². The number of piperidine rings is 1. The largest absolute Gasteiger partial charge is 0.396 e. The van der Waals surface area contributed by atoms with Crippen molar-refractivity contribution in [2.75, 3.05) is 13.2 Å². The Labute approximate surface area is 105 Å². The fourth-order valence-corrected chi connectivity index (χ4v) is 3.57. The van der Waals surface area contributed by atoms with Gasteiger partial charge < -0.3 is 10.2 Å². The van der Waals surface area contributed by atoms with E-state index in [9.17, 15) is 5.11 Å². The molecule has 1 aliphatic heterocycles. The van der Waals surface area contributed by atoms with Crippen molar-refractivity contribution in [3.63, 3.8) is 0 Å². The third-order valence-electron chi connectivity index (χ3n) is 4.50. The summed E-state index contributed by atoms with van der Waals surface area (Å²) in [6.45, 7) is 1.40. The van der Waals surface area contributed by atoms with E-state index in [1.807, 2.05) is 0 Å².